The summed E-state index contributed by atoms with van der Waals surface area (Å²) >= 11 is 2.85. The molecule has 0 aliphatic rings. The van der Waals surface area contributed by atoms with E-state index in [-0.39, 0.29) is 5.78 Å². The number of aryl methyl sites for hydroxylation is 1. The van der Waals surface area contributed by atoms with Crippen LogP contribution in [0, 0.1) is 0 Å². The maximum atomic E-state index is 12.3. The zero-order chi connectivity index (χ0) is 17.5. The van der Waals surface area contributed by atoms with Crippen LogP contribution in [0.2, 0.25) is 0 Å². The van der Waals surface area contributed by atoms with E-state index in [1.807, 2.05) is 36.4 Å². The molecule has 0 radical (unpaired) electrons. The van der Waals surface area contributed by atoms with Gasteiger partial charge < -0.3 is 9.73 Å². The van der Waals surface area contributed by atoms with Gasteiger partial charge in [-0.05, 0) is 24.1 Å². The lowest BCUT2D eigenvalue weighted by Crippen LogP contribution is -2.02. The third kappa shape index (κ3) is 5.17. The van der Waals surface area contributed by atoms with Crippen LogP contribution in [0.5, 0.6) is 0 Å². The first-order chi connectivity index (χ1) is 12.2. The predicted molar refractivity (Wildman–Crippen MR) is 101 cm³/mol. The number of carbonyl (C=O) groups is 1. The van der Waals surface area contributed by atoms with E-state index in [1.165, 1.54) is 28.7 Å². The number of ketones is 1. The Kier molecular flexibility index (Phi) is 6.25. The van der Waals surface area contributed by atoms with Crippen LogP contribution in [-0.4, -0.2) is 21.7 Å². The number of hydrogen-bond donors (Lipinski definition) is 1. The first kappa shape index (κ1) is 17.7. The van der Waals surface area contributed by atoms with Crippen LogP contribution in [-0.2, 0) is 13.0 Å². The number of benzene rings is 1. The molecule has 2 aromatic heterocycles. The van der Waals surface area contributed by atoms with Crippen molar-refractivity contribution in [2.24, 2.45) is 0 Å². The standard InChI is InChI=1S/C18H19N3O2S2/c1-2-4-13-6-8-14(9-7-13)16(22)12-24-18-21-20-17(25-18)19-11-15-5-3-10-23-15/h3,5-10H,2,4,11-12H2,1H3,(H,19,20). The minimum Gasteiger partial charge on any atom is -0.467 e. The number of furan rings is 1. The van der Waals surface area contributed by atoms with E-state index in [2.05, 4.69) is 22.4 Å². The third-order valence-corrected chi connectivity index (χ3v) is 5.56. The molecule has 0 fully saturated rings. The van der Waals surface area contributed by atoms with Crippen molar-refractivity contribution >= 4 is 34.0 Å². The Morgan fingerprint density at radius 3 is 2.80 bits per heavy atom. The van der Waals surface area contributed by atoms with E-state index in [1.54, 1.807) is 6.26 Å². The van der Waals surface area contributed by atoms with Crippen LogP contribution in [0.3, 0.4) is 0 Å². The molecule has 0 aliphatic carbocycles. The fourth-order valence-electron chi connectivity index (χ4n) is 2.27. The number of Topliss-reactive ketones (excluding diaryl/α,β-unsaturated/α-hetero) is 1. The SMILES string of the molecule is CCCc1ccc(C(=O)CSc2nnc(NCc3ccco3)s2)cc1. The zero-order valence-corrected chi connectivity index (χ0v) is 15.5. The fourth-order valence-corrected chi connectivity index (χ4v) is 3.91. The summed E-state index contributed by atoms with van der Waals surface area (Å²) in [5.74, 6) is 1.30. The molecule has 130 valence electrons. The lowest BCUT2D eigenvalue weighted by molar-refractivity contribution is 0.102. The number of nitrogens with one attached hydrogen (secondary N) is 1. The molecular formula is C18H19N3O2S2. The van der Waals surface area contributed by atoms with Gasteiger partial charge in [-0.1, -0.05) is 60.7 Å². The number of nitrogens with zero attached hydrogens (tertiary/aromatic N) is 2. The summed E-state index contributed by atoms with van der Waals surface area (Å²) in [5, 5.41) is 12.1. The zero-order valence-electron chi connectivity index (χ0n) is 13.9. The number of rotatable bonds is 9. The second kappa shape index (κ2) is 8.82. The van der Waals surface area contributed by atoms with Gasteiger partial charge in [0.15, 0.2) is 10.1 Å². The normalized spacial score (nSPS) is 10.8. The fraction of sp³-hybridized carbons (Fsp3) is 0.278. The molecule has 3 rings (SSSR count). The van der Waals surface area contributed by atoms with Crippen LogP contribution in [0.4, 0.5) is 5.13 Å². The minimum absolute atomic E-state index is 0.105. The van der Waals surface area contributed by atoms with E-state index in [9.17, 15) is 4.79 Å². The average molecular weight is 374 g/mol. The van der Waals surface area contributed by atoms with Gasteiger partial charge in [0.25, 0.3) is 0 Å². The van der Waals surface area contributed by atoms with Gasteiger partial charge in [0, 0.05) is 5.56 Å². The van der Waals surface area contributed by atoms with Crippen LogP contribution < -0.4 is 5.32 Å². The second-order valence-corrected chi connectivity index (χ2v) is 7.66. The van der Waals surface area contributed by atoms with Crippen LogP contribution >= 0.6 is 23.1 Å². The Morgan fingerprint density at radius 2 is 2.08 bits per heavy atom. The average Bonchev–Trinajstić information content (AvgIpc) is 3.30. The Hall–Kier alpha value is -2.12. The molecule has 5 nitrogen and oxygen atoms in total. The van der Waals surface area contributed by atoms with Gasteiger partial charge in [-0.2, -0.15) is 0 Å². The monoisotopic (exact) mass is 373 g/mol. The summed E-state index contributed by atoms with van der Waals surface area (Å²) in [6.07, 6.45) is 3.79. The smallest absolute Gasteiger partial charge is 0.206 e. The summed E-state index contributed by atoms with van der Waals surface area (Å²) in [4.78, 5) is 12.3. The number of aromatic nitrogens is 2. The molecule has 0 bridgehead atoms. The van der Waals surface area contributed by atoms with E-state index >= 15 is 0 Å². The summed E-state index contributed by atoms with van der Waals surface area (Å²) < 4.78 is 6.03. The number of carbonyl (C=O) groups excluding carboxylic acids is 1. The van der Waals surface area contributed by atoms with Gasteiger partial charge in [0.05, 0.1) is 18.6 Å². The van der Waals surface area contributed by atoms with Gasteiger partial charge >= 0.3 is 0 Å². The summed E-state index contributed by atoms with van der Waals surface area (Å²) in [6.45, 7) is 2.71. The van der Waals surface area contributed by atoms with Crippen molar-refractivity contribution in [1.82, 2.24) is 10.2 Å². The predicted octanol–water partition coefficient (Wildman–Crippen LogP) is 4.67. The van der Waals surface area contributed by atoms with Gasteiger partial charge in [0.1, 0.15) is 5.76 Å². The number of hydrogen-bond acceptors (Lipinski definition) is 7. The molecule has 7 heteroatoms. The van der Waals surface area contributed by atoms with Gasteiger partial charge in [0.2, 0.25) is 5.13 Å². The van der Waals surface area contributed by atoms with Crippen LogP contribution in [0.1, 0.15) is 35.0 Å². The Morgan fingerprint density at radius 1 is 1.24 bits per heavy atom. The van der Waals surface area contributed by atoms with Crippen molar-refractivity contribution in [1.29, 1.82) is 0 Å². The largest absolute Gasteiger partial charge is 0.467 e. The lowest BCUT2D eigenvalue weighted by atomic mass is 10.1. The molecule has 1 aromatic carbocycles. The second-order valence-electron chi connectivity index (χ2n) is 5.46. The van der Waals surface area contributed by atoms with Crippen LogP contribution in [0.15, 0.2) is 51.4 Å². The first-order valence-corrected chi connectivity index (χ1v) is 9.89. The topological polar surface area (TPSA) is 68.0 Å². The summed E-state index contributed by atoms with van der Waals surface area (Å²) in [5.41, 5.74) is 2.01. The molecule has 0 saturated carbocycles. The van der Waals surface area contributed by atoms with Gasteiger partial charge in [-0.25, -0.2) is 0 Å². The van der Waals surface area contributed by atoms with Crippen LogP contribution in [0.25, 0.3) is 0 Å². The molecular weight excluding hydrogens is 354 g/mol. The lowest BCUT2D eigenvalue weighted by Gasteiger charge is -2.02. The van der Waals surface area contributed by atoms with Crippen molar-refractivity contribution in [3.63, 3.8) is 0 Å². The van der Waals surface area contributed by atoms with E-state index in [0.717, 1.165) is 33.6 Å². The third-order valence-electron chi connectivity index (χ3n) is 3.54. The highest BCUT2D eigenvalue weighted by molar-refractivity contribution is 8.01. The quantitative estimate of drug-likeness (QED) is 0.434. The molecule has 25 heavy (non-hydrogen) atoms. The van der Waals surface area contributed by atoms with E-state index in [4.69, 9.17) is 4.42 Å². The van der Waals surface area contributed by atoms with E-state index in [0.29, 0.717) is 12.3 Å². The van der Waals surface area contributed by atoms with Gasteiger partial charge in [-0.15, -0.1) is 10.2 Å². The number of thioether (sulfide) groups is 1. The first-order valence-electron chi connectivity index (χ1n) is 8.09. The molecule has 0 amide bonds. The highest BCUT2D eigenvalue weighted by Crippen LogP contribution is 2.26. The Bertz CT molecular complexity index is 798. The number of anilines is 1. The molecule has 0 spiro atoms. The molecule has 0 atom stereocenters. The maximum Gasteiger partial charge on any atom is 0.206 e. The van der Waals surface area contributed by atoms with Crippen molar-refractivity contribution < 1.29 is 9.21 Å². The summed E-state index contributed by atoms with van der Waals surface area (Å²) in [7, 11) is 0. The van der Waals surface area contributed by atoms with Crippen molar-refractivity contribution in [2.75, 3.05) is 11.1 Å². The minimum atomic E-state index is 0.105. The molecule has 0 saturated heterocycles. The molecule has 0 unspecified atom stereocenters. The maximum absolute atomic E-state index is 12.3. The van der Waals surface area contributed by atoms with Crippen molar-refractivity contribution in [2.45, 2.75) is 30.6 Å². The molecule has 0 aliphatic heterocycles. The Labute approximate surface area is 154 Å². The van der Waals surface area contributed by atoms with Crippen molar-refractivity contribution in [3.8, 4) is 0 Å². The molecule has 1 N–H and O–H groups in total. The molecule has 2 heterocycles. The van der Waals surface area contributed by atoms with Gasteiger partial charge in [-0.3, -0.25) is 4.79 Å². The van der Waals surface area contributed by atoms with E-state index < -0.39 is 0 Å². The molecule has 3 aromatic rings. The summed E-state index contributed by atoms with van der Waals surface area (Å²) in [6, 6.07) is 11.6. The Balaban J connectivity index is 1.48. The highest BCUT2D eigenvalue weighted by Gasteiger charge is 2.10. The highest BCUT2D eigenvalue weighted by atomic mass is 32.2. The van der Waals surface area contributed by atoms with Crippen molar-refractivity contribution in [3.05, 3.63) is 59.5 Å².